The van der Waals surface area contributed by atoms with Gasteiger partial charge in [0, 0.05) is 18.7 Å². The Morgan fingerprint density at radius 3 is 3.10 bits per heavy atom. The van der Waals surface area contributed by atoms with Crippen LogP contribution in [0.1, 0.15) is 24.4 Å². The lowest BCUT2D eigenvalue weighted by Crippen LogP contribution is -2.35. The van der Waals surface area contributed by atoms with Gasteiger partial charge in [-0.2, -0.15) is 0 Å². The van der Waals surface area contributed by atoms with E-state index in [1.54, 1.807) is 6.07 Å². The van der Waals surface area contributed by atoms with Crippen molar-refractivity contribution in [2.75, 3.05) is 20.3 Å². The molecule has 1 aromatic rings. The van der Waals surface area contributed by atoms with Crippen molar-refractivity contribution in [3.8, 4) is 0 Å². The van der Waals surface area contributed by atoms with Crippen LogP contribution >= 0.6 is 11.6 Å². The Labute approximate surface area is 122 Å². The minimum atomic E-state index is -0.886. The maximum atomic E-state index is 14.0. The monoisotopic (exact) mass is 301 g/mol. The lowest BCUT2D eigenvalue weighted by Gasteiger charge is -2.20. The van der Waals surface area contributed by atoms with Gasteiger partial charge in [-0.25, -0.2) is 9.18 Å². The third-order valence-corrected chi connectivity index (χ3v) is 3.59. The van der Waals surface area contributed by atoms with Crippen LogP contribution < -0.4 is 5.32 Å². The fourth-order valence-corrected chi connectivity index (χ4v) is 2.42. The molecule has 1 saturated heterocycles. The van der Waals surface area contributed by atoms with E-state index in [0.29, 0.717) is 6.54 Å². The zero-order chi connectivity index (χ0) is 14.5. The summed E-state index contributed by atoms with van der Waals surface area (Å²) in [6.45, 7) is 1.19. The SMILES string of the molecule is COC(=O)C(NCC1CCCO1)c1cccc(Cl)c1F. The third-order valence-electron chi connectivity index (χ3n) is 3.30. The van der Waals surface area contributed by atoms with Crippen LogP contribution in [0.3, 0.4) is 0 Å². The first-order chi connectivity index (χ1) is 9.63. The van der Waals surface area contributed by atoms with Gasteiger partial charge < -0.3 is 9.47 Å². The Hall–Kier alpha value is -1.17. The summed E-state index contributed by atoms with van der Waals surface area (Å²) in [6, 6.07) is 3.67. The number of halogens is 2. The summed E-state index contributed by atoms with van der Waals surface area (Å²) in [5.74, 6) is -1.16. The van der Waals surface area contributed by atoms with Gasteiger partial charge in [-0.15, -0.1) is 0 Å². The first-order valence-electron chi connectivity index (χ1n) is 6.50. The van der Waals surface area contributed by atoms with E-state index in [9.17, 15) is 9.18 Å². The molecule has 2 rings (SSSR count). The maximum absolute atomic E-state index is 14.0. The van der Waals surface area contributed by atoms with Crippen LogP contribution in [0.15, 0.2) is 18.2 Å². The highest BCUT2D eigenvalue weighted by Gasteiger charge is 2.27. The lowest BCUT2D eigenvalue weighted by molar-refractivity contribution is -0.143. The van der Waals surface area contributed by atoms with Crippen LogP contribution in [0.4, 0.5) is 4.39 Å². The molecule has 1 heterocycles. The second-order valence-corrected chi connectivity index (χ2v) is 5.05. The molecule has 0 saturated carbocycles. The van der Waals surface area contributed by atoms with Crippen LogP contribution in [0.2, 0.25) is 5.02 Å². The Morgan fingerprint density at radius 2 is 2.45 bits per heavy atom. The van der Waals surface area contributed by atoms with Crippen molar-refractivity contribution in [3.63, 3.8) is 0 Å². The fraction of sp³-hybridized carbons (Fsp3) is 0.500. The summed E-state index contributed by atoms with van der Waals surface area (Å²) >= 11 is 5.75. The van der Waals surface area contributed by atoms with Crippen LogP contribution in [-0.4, -0.2) is 32.3 Å². The van der Waals surface area contributed by atoms with Crippen molar-refractivity contribution >= 4 is 17.6 Å². The molecule has 110 valence electrons. The van der Waals surface area contributed by atoms with Crippen molar-refractivity contribution in [3.05, 3.63) is 34.6 Å². The van der Waals surface area contributed by atoms with Crippen LogP contribution in [0.5, 0.6) is 0 Å². The van der Waals surface area contributed by atoms with Crippen molar-refractivity contribution in [1.29, 1.82) is 0 Å². The standard InChI is InChI=1S/C14H17ClFNO3/c1-19-14(18)13(17-8-9-4-3-7-20-9)10-5-2-6-11(15)12(10)16/h2,5-6,9,13,17H,3-4,7-8H2,1H3. The summed E-state index contributed by atoms with van der Waals surface area (Å²) in [6.07, 6.45) is 1.98. The van der Waals surface area contributed by atoms with Crippen LogP contribution in [0, 0.1) is 5.82 Å². The van der Waals surface area contributed by atoms with E-state index in [-0.39, 0.29) is 16.7 Å². The van der Waals surface area contributed by atoms with E-state index in [2.05, 4.69) is 5.32 Å². The normalized spacial score (nSPS) is 19.9. The molecular formula is C14H17ClFNO3. The molecule has 0 aromatic heterocycles. The van der Waals surface area contributed by atoms with E-state index in [0.717, 1.165) is 19.4 Å². The predicted octanol–water partition coefficient (Wildman–Crippen LogP) is 2.46. The minimum Gasteiger partial charge on any atom is -0.468 e. The fourth-order valence-electron chi connectivity index (χ4n) is 2.24. The number of hydrogen-bond acceptors (Lipinski definition) is 4. The lowest BCUT2D eigenvalue weighted by atomic mass is 10.1. The quantitative estimate of drug-likeness (QED) is 0.849. The van der Waals surface area contributed by atoms with Gasteiger partial charge in [0.2, 0.25) is 0 Å². The molecule has 20 heavy (non-hydrogen) atoms. The number of esters is 1. The van der Waals surface area contributed by atoms with E-state index in [4.69, 9.17) is 21.1 Å². The molecule has 0 radical (unpaired) electrons. The Morgan fingerprint density at radius 1 is 1.65 bits per heavy atom. The van der Waals surface area contributed by atoms with Gasteiger partial charge in [-0.05, 0) is 18.9 Å². The first kappa shape index (κ1) is 15.2. The van der Waals surface area contributed by atoms with Crippen molar-refractivity contribution in [1.82, 2.24) is 5.32 Å². The molecule has 0 bridgehead atoms. The van der Waals surface area contributed by atoms with Crippen molar-refractivity contribution in [2.45, 2.75) is 25.0 Å². The van der Waals surface area contributed by atoms with Crippen molar-refractivity contribution in [2.24, 2.45) is 0 Å². The van der Waals surface area contributed by atoms with Gasteiger partial charge in [0.1, 0.15) is 11.9 Å². The van der Waals surface area contributed by atoms with Gasteiger partial charge in [-0.1, -0.05) is 23.7 Å². The second kappa shape index (κ2) is 7.02. The summed E-state index contributed by atoms with van der Waals surface area (Å²) in [7, 11) is 1.27. The van der Waals surface area contributed by atoms with Crippen molar-refractivity contribution < 1.29 is 18.7 Å². The largest absolute Gasteiger partial charge is 0.468 e. The summed E-state index contributed by atoms with van der Waals surface area (Å²) in [5, 5.41) is 2.98. The van der Waals surface area contributed by atoms with Crippen LogP contribution in [-0.2, 0) is 14.3 Å². The molecule has 0 amide bonds. The molecule has 0 aliphatic carbocycles. The molecule has 0 spiro atoms. The highest BCUT2D eigenvalue weighted by molar-refractivity contribution is 6.30. The number of ether oxygens (including phenoxy) is 2. The highest BCUT2D eigenvalue weighted by atomic mass is 35.5. The average Bonchev–Trinajstić information content (AvgIpc) is 2.96. The molecule has 1 N–H and O–H groups in total. The Kier molecular flexibility index (Phi) is 5.34. The highest BCUT2D eigenvalue weighted by Crippen LogP contribution is 2.24. The average molecular weight is 302 g/mol. The molecule has 2 unspecified atom stereocenters. The number of nitrogens with one attached hydrogen (secondary N) is 1. The molecule has 1 aromatic carbocycles. The number of carbonyl (C=O) groups excluding carboxylic acids is 1. The van der Waals surface area contributed by atoms with Gasteiger partial charge in [0.05, 0.1) is 18.2 Å². The number of methoxy groups -OCH3 is 1. The molecule has 2 atom stereocenters. The number of rotatable bonds is 5. The maximum Gasteiger partial charge on any atom is 0.327 e. The number of benzene rings is 1. The molecule has 1 aliphatic rings. The molecule has 4 nitrogen and oxygen atoms in total. The smallest absolute Gasteiger partial charge is 0.327 e. The van der Waals surface area contributed by atoms with Gasteiger partial charge >= 0.3 is 5.97 Å². The Bertz CT molecular complexity index is 477. The second-order valence-electron chi connectivity index (χ2n) is 4.64. The van der Waals surface area contributed by atoms with Crippen LogP contribution in [0.25, 0.3) is 0 Å². The summed E-state index contributed by atoms with van der Waals surface area (Å²) in [5.41, 5.74) is 0.183. The van der Waals surface area contributed by atoms with Gasteiger partial charge in [0.25, 0.3) is 0 Å². The first-order valence-corrected chi connectivity index (χ1v) is 6.88. The molecule has 6 heteroatoms. The van der Waals surface area contributed by atoms with E-state index >= 15 is 0 Å². The third kappa shape index (κ3) is 3.48. The molecule has 1 aliphatic heterocycles. The van der Waals surface area contributed by atoms with E-state index in [1.807, 2.05) is 0 Å². The summed E-state index contributed by atoms with van der Waals surface area (Å²) in [4.78, 5) is 11.8. The topological polar surface area (TPSA) is 47.6 Å². The van der Waals surface area contributed by atoms with Gasteiger partial charge in [-0.3, -0.25) is 5.32 Å². The number of hydrogen-bond donors (Lipinski definition) is 1. The minimum absolute atomic E-state index is 0.0182. The molecular weight excluding hydrogens is 285 g/mol. The zero-order valence-electron chi connectivity index (χ0n) is 11.2. The Balaban J connectivity index is 2.14. The number of carbonyl (C=O) groups is 1. The van der Waals surface area contributed by atoms with E-state index < -0.39 is 17.8 Å². The summed E-state index contributed by atoms with van der Waals surface area (Å²) < 4.78 is 24.2. The predicted molar refractivity (Wildman–Crippen MR) is 73.1 cm³/mol. The molecule has 1 fully saturated rings. The van der Waals surface area contributed by atoms with Gasteiger partial charge in [0.15, 0.2) is 0 Å². The zero-order valence-corrected chi connectivity index (χ0v) is 12.0. The van der Waals surface area contributed by atoms with E-state index in [1.165, 1.54) is 19.2 Å².